The number of nitrogens with two attached hydrogens (primary N) is 2. The van der Waals surface area contributed by atoms with Crippen molar-refractivity contribution in [1.29, 1.82) is 0 Å². The van der Waals surface area contributed by atoms with Crippen LogP contribution in [-0.2, 0) is 9.59 Å². The number of rotatable bonds is 40. The number of carbonyl (C=O) groups is 2. The monoisotopic (exact) mass is 729 g/mol. The van der Waals surface area contributed by atoms with Gasteiger partial charge in [-0.05, 0) is 109 Å². The van der Waals surface area contributed by atoms with Crippen molar-refractivity contribution >= 4 is 11.8 Å². The highest BCUT2D eigenvalue weighted by Crippen LogP contribution is 2.13. The van der Waals surface area contributed by atoms with Gasteiger partial charge in [0.05, 0.1) is 0 Å². The molecule has 6 heteroatoms. The number of nitrogens with zero attached hydrogens (tertiary/aromatic N) is 2. The van der Waals surface area contributed by atoms with Crippen LogP contribution in [-0.4, -0.2) is 60.9 Å². The van der Waals surface area contributed by atoms with Crippen LogP contribution in [0.15, 0.2) is 36.5 Å². The maximum absolute atomic E-state index is 13.1. The van der Waals surface area contributed by atoms with E-state index in [1.54, 1.807) is 0 Å². The van der Waals surface area contributed by atoms with Crippen LogP contribution in [0.2, 0.25) is 0 Å². The van der Waals surface area contributed by atoms with E-state index in [0.29, 0.717) is 25.9 Å². The van der Waals surface area contributed by atoms with Crippen molar-refractivity contribution in [2.24, 2.45) is 11.5 Å². The fourth-order valence-corrected chi connectivity index (χ4v) is 6.64. The van der Waals surface area contributed by atoms with E-state index in [2.05, 4.69) is 50.3 Å². The van der Waals surface area contributed by atoms with E-state index in [1.807, 2.05) is 9.80 Å². The van der Waals surface area contributed by atoms with Crippen molar-refractivity contribution in [3.05, 3.63) is 36.5 Å². The van der Waals surface area contributed by atoms with E-state index >= 15 is 0 Å². The molecule has 0 fully saturated rings. The number of amides is 2. The minimum atomic E-state index is 0.263. The first-order valence-corrected chi connectivity index (χ1v) is 22.5. The highest BCUT2D eigenvalue weighted by molar-refractivity contribution is 5.76. The van der Waals surface area contributed by atoms with Crippen LogP contribution in [0.4, 0.5) is 0 Å². The summed E-state index contributed by atoms with van der Waals surface area (Å²) in [5.74, 6) is 0.530. The predicted molar refractivity (Wildman–Crippen MR) is 229 cm³/mol. The molecule has 0 spiro atoms. The molecule has 2 amide bonds. The Bertz CT molecular complexity index is 855. The van der Waals surface area contributed by atoms with Gasteiger partial charge >= 0.3 is 0 Å². The maximum Gasteiger partial charge on any atom is 0.222 e. The third-order valence-electron chi connectivity index (χ3n) is 10.1. The molecular weight excluding hydrogens is 641 g/mol. The van der Waals surface area contributed by atoms with Crippen LogP contribution in [0.1, 0.15) is 206 Å². The molecule has 0 rings (SSSR count). The number of hydrogen-bond donors (Lipinski definition) is 2. The maximum atomic E-state index is 13.1. The minimum absolute atomic E-state index is 0.263. The molecule has 304 valence electrons. The average molecular weight is 729 g/mol. The molecule has 0 aromatic heterocycles. The summed E-state index contributed by atoms with van der Waals surface area (Å²) in [4.78, 5) is 30.2. The molecule has 0 aliphatic rings. The predicted octanol–water partition coefficient (Wildman–Crippen LogP) is 12.0. The summed E-state index contributed by atoms with van der Waals surface area (Å²) < 4.78 is 0. The van der Waals surface area contributed by atoms with Gasteiger partial charge in [0.15, 0.2) is 0 Å². The number of carbonyl (C=O) groups excluding carboxylic acids is 2. The summed E-state index contributed by atoms with van der Waals surface area (Å²) in [6.45, 7) is 8.72. The molecule has 0 heterocycles. The van der Waals surface area contributed by atoms with Crippen molar-refractivity contribution < 1.29 is 9.59 Å². The second-order valence-corrected chi connectivity index (χ2v) is 15.1. The lowest BCUT2D eigenvalue weighted by Crippen LogP contribution is -2.36. The van der Waals surface area contributed by atoms with E-state index in [9.17, 15) is 9.59 Å². The molecule has 0 aromatic carbocycles. The zero-order chi connectivity index (χ0) is 38.0. The molecule has 0 unspecified atom stereocenters. The van der Waals surface area contributed by atoms with Crippen LogP contribution in [0.25, 0.3) is 0 Å². The lowest BCUT2D eigenvalue weighted by Gasteiger charge is -2.25. The van der Waals surface area contributed by atoms with E-state index in [4.69, 9.17) is 11.5 Å². The van der Waals surface area contributed by atoms with Gasteiger partial charge in [0.2, 0.25) is 11.8 Å². The smallest absolute Gasteiger partial charge is 0.222 e. The molecule has 0 saturated carbocycles. The fourth-order valence-electron chi connectivity index (χ4n) is 6.64. The molecule has 0 bridgehead atoms. The first-order chi connectivity index (χ1) is 25.6. The lowest BCUT2D eigenvalue weighted by molar-refractivity contribution is -0.133. The summed E-state index contributed by atoms with van der Waals surface area (Å²) in [5.41, 5.74) is 11.6. The Morgan fingerprint density at radius 2 is 0.692 bits per heavy atom. The lowest BCUT2D eigenvalue weighted by atomic mass is 10.1. The summed E-state index contributed by atoms with van der Waals surface area (Å²) in [7, 11) is 0. The highest BCUT2D eigenvalue weighted by Gasteiger charge is 2.15. The summed E-state index contributed by atoms with van der Waals surface area (Å²) >= 11 is 0. The van der Waals surface area contributed by atoms with Gasteiger partial charge in [-0.1, -0.05) is 134 Å². The first-order valence-electron chi connectivity index (χ1n) is 22.5. The van der Waals surface area contributed by atoms with Gasteiger partial charge in [-0.2, -0.15) is 0 Å². The van der Waals surface area contributed by atoms with E-state index < -0.39 is 0 Å². The van der Waals surface area contributed by atoms with Crippen LogP contribution in [0.3, 0.4) is 0 Å². The largest absolute Gasteiger partial charge is 0.343 e. The fraction of sp³-hybridized carbons (Fsp3) is 0.826. The third kappa shape index (κ3) is 35.1. The van der Waals surface area contributed by atoms with Crippen molar-refractivity contribution in [3.63, 3.8) is 0 Å². The number of allylic oxidation sites excluding steroid dienone is 6. The Morgan fingerprint density at radius 1 is 0.385 bits per heavy atom. The van der Waals surface area contributed by atoms with E-state index in [-0.39, 0.29) is 11.8 Å². The number of unbranched alkanes of at least 4 members (excludes halogenated alkanes) is 20. The topological polar surface area (TPSA) is 92.7 Å². The average Bonchev–Trinajstić information content (AvgIpc) is 3.15. The zero-order valence-electron chi connectivity index (χ0n) is 34.8. The van der Waals surface area contributed by atoms with Gasteiger partial charge in [-0.3, -0.25) is 9.59 Å². The van der Waals surface area contributed by atoms with Crippen LogP contribution in [0, 0.1) is 0 Å². The van der Waals surface area contributed by atoms with Gasteiger partial charge < -0.3 is 21.3 Å². The molecule has 0 saturated heterocycles. The molecule has 0 aliphatic carbocycles. The van der Waals surface area contributed by atoms with E-state index in [1.165, 1.54) is 116 Å². The van der Waals surface area contributed by atoms with Crippen molar-refractivity contribution in [2.75, 3.05) is 39.3 Å². The minimum Gasteiger partial charge on any atom is -0.343 e. The molecular formula is C46H88N4O2. The summed E-state index contributed by atoms with van der Waals surface area (Å²) in [5, 5.41) is 0. The van der Waals surface area contributed by atoms with Crippen molar-refractivity contribution in [2.45, 2.75) is 206 Å². The second kappa shape index (κ2) is 41.8. The Labute approximate surface area is 324 Å². The van der Waals surface area contributed by atoms with Crippen molar-refractivity contribution in [1.82, 2.24) is 9.80 Å². The van der Waals surface area contributed by atoms with Crippen LogP contribution in [0.5, 0.6) is 0 Å². The van der Waals surface area contributed by atoms with Gasteiger partial charge in [-0.25, -0.2) is 0 Å². The molecule has 6 nitrogen and oxygen atoms in total. The van der Waals surface area contributed by atoms with Gasteiger partial charge in [0, 0.05) is 39.0 Å². The Balaban J connectivity index is 4.16. The third-order valence-corrected chi connectivity index (χ3v) is 10.1. The van der Waals surface area contributed by atoms with Crippen LogP contribution >= 0.6 is 0 Å². The zero-order valence-corrected chi connectivity index (χ0v) is 34.8. The number of hydrogen-bond acceptors (Lipinski definition) is 4. The Morgan fingerprint density at radius 3 is 1.10 bits per heavy atom. The van der Waals surface area contributed by atoms with Crippen molar-refractivity contribution in [3.8, 4) is 0 Å². The first kappa shape index (κ1) is 50.1. The second-order valence-electron chi connectivity index (χ2n) is 15.1. The van der Waals surface area contributed by atoms with E-state index in [0.717, 1.165) is 90.4 Å². The molecule has 52 heavy (non-hydrogen) atoms. The van der Waals surface area contributed by atoms with Gasteiger partial charge in [0.25, 0.3) is 0 Å². The molecule has 0 aromatic rings. The highest BCUT2D eigenvalue weighted by atomic mass is 16.2. The molecule has 0 aliphatic heterocycles. The normalized spacial score (nSPS) is 11.8. The standard InChI is InChI=1S/C46H88N4O2/c1-3-5-7-9-11-13-15-17-19-21-23-25-27-29-31-37-45(51)49(43-35-39-47)41-33-34-42-50(44-36-40-48)46(52)38-32-30-28-26-24-22-20-18-16-14-12-10-8-6-4-2/h11,13,17-20H,3-10,12,14-16,21-44,47-48H2,1-2H3. The molecule has 0 radical (unpaired) electrons. The summed E-state index contributed by atoms with van der Waals surface area (Å²) in [6, 6.07) is 0. The molecule has 4 N–H and O–H groups in total. The quantitative estimate of drug-likeness (QED) is 0.0485. The molecule has 0 atom stereocenters. The Hall–Kier alpha value is -1.92. The Kier molecular flexibility index (Phi) is 40.3. The van der Waals surface area contributed by atoms with Gasteiger partial charge in [0.1, 0.15) is 0 Å². The van der Waals surface area contributed by atoms with Gasteiger partial charge in [-0.15, -0.1) is 0 Å². The van der Waals surface area contributed by atoms with Crippen LogP contribution < -0.4 is 11.5 Å². The SMILES string of the molecule is CCCCCC=CCC=CCCCCCCCC(=O)N(CCCN)CCCCN(CCCN)C(=O)CCCCCCCC=CCCCCCCCC. The summed E-state index contributed by atoms with van der Waals surface area (Å²) in [6.07, 6.45) is 48.3.